The summed E-state index contributed by atoms with van der Waals surface area (Å²) in [6.07, 6.45) is 3.91. The first kappa shape index (κ1) is 11.3. The molecule has 2 aromatic rings. The van der Waals surface area contributed by atoms with Crippen molar-refractivity contribution in [2.75, 3.05) is 6.61 Å². The van der Waals surface area contributed by atoms with Crippen LogP contribution in [0.5, 0.6) is 0 Å². The first-order valence-corrected chi connectivity index (χ1v) is 6.22. The lowest BCUT2D eigenvalue weighted by Gasteiger charge is -1.97. The Morgan fingerprint density at radius 3 is 3.06 bits per heavy atom. The van der Waals surface area contributed by atoms with Crippen LogP contribution in [0.2, 0.25) is 5.15 Å². The van der Waals surface area contributed by atoms with Gasteiger partial charge in [0.15, 0.2) is 18.0 Å². The minimum Gasteiger partial charge on any atom is -0.396 e. The van der Waals surface area contributed by atoms with E-state index in [1.807, 2.05) is 0 Å². The summed E-state index contributed by atoms with van der Waals surface area (Å²) < 4.78 is 14.1. The van der Waals surface area contributed by atoms with Crippen LogP contribution in [-0.4, -0.2) is 25.7 Å². The summed E-state index contributed by atoms with van der Waals surface area (Å²) in [7, 11) is 0. The molecule has 7 heteroatoms. The second kappa shape index (κ2) is 4.12. The second-order valence-electron chi connectivity index (χ2n) is 4.13. The van der Waals surface area contributed by atoms with Crippen LogP contribution in [0.3, 0.4) is 0 Å². The first-order chi connectivity index (χ1) is 8.26. The van der Waals surface area contributed by atoms with E-state index in [-0.39, 0.29) is 30.8 Å². The highest BCUT2D eigenvalue weighted by Crippen LogP contribution is 2.50. The monoisotopic (exact) mass is 273 g/mol. The van der Waals surface area contributed by atoms with E-state index >= 15 is 0 Å². The number of nitrogens with zero attached hydrogens (tertiary/aromatic N) is 3. The van der Waals surface area contributed by atoms with Gasteiger partial charge in [0.2, 0.25) is 0 Å². The minimum atomic E-state index is 0.0871. The highest BCUT2D eigenvalue weighted by atomic mass is 35.5. The summed E-state index contributed by atoms with van der Waals surface area (Å²) in [6.45, 7) is 0.144. The van der Waals surface area contributed by atoms with Crippen molar-refractivity contribution in [3.8, 4) is 0 Å². The Morgan fingerprint density at radius 2 is 2.41 bits per heavy atom. The van der Waals surface area contributed by atoms with Crippen LogP contribution in [0, 0.1) is 5.92 Å². The molecule has 1 aliphatic rings. The van der Waals surface area contributed by atoms with E-state index < -0.39 is 0 Å². The molecule has 0 saturated heterocycles. The molecule has 0 radical (unpaired) electrons. The molecule has 0 bridgehead atoms. The fourth-order valence-corrected chi connectivity index (χ4v) is 2.78. The summed E-state index contributed by atoms with van der Waals surface area (Å²) in [5, 5.41) is 10.1. The van der Waals surface area contributed by atoms with E-state index in [2.05, 4.69) is 9.97 Å². The summed E-state index contributed by atoms with van der Waals surface area (Å²) in [6, 6.07) is 0. The summed E-state index contributed by atoms with van der Waals surface area (Å²) in [4.78, 5) is 7.96. The highest BCUT2D eigenvalue weighted by Gasteiger charge is 2.40. The minimum absolute atomic E-state index is 0.0871. The molecule has 0 amide bonds. The van der Waals surface area contributed by atoms with Crippen LogP contribution >= 0.6 is 23.9 Å². The van der Waals surface area contributed by atoms with Gasteiger partial charge in [-0.15, -0.1) is 3.89 Å². The van der Waals surface area contributed by atoms with Gasteiger partial charge in [-0.3, -0.25) is 0 Å². The van der Waals surface area contributed by atoms with Crippen molar-refractivity contribution in [3.63, 3.8) is 0 Å². The van der Waals surface area contributed by atoms with Gasteiger partial charge in [-0.1, -0.05) is 11.6 Å². The van der Waals surface area contributed by atoms with Crippen molar-refractivity contribution in [3.05, 3.63) is 23.2 Å². The third kappa shape index (κ3) is 1.71. The molecule has 90 valence electrons. The van der Waals surface area contributed by atoms with Gasteiger partial charge in [-0.2, -0.15) is 0 Å². The zero-order valence-electron chi connectivity index (χ0n) is 8.68. The number of fused-ring (bicyclic) bond motifs is 1. The summed E-state index contributed by atoms with van der Waals surface area (Å²) in [5.41, 5.74) is 1.41. The van der Waals surface area contributed by atoms with Gasteiger partial charge in [-0.25, -0.2) is 13.9 Å². The van der Waals surface area contributed by atoms with E-state index in [9.17, 15) is 3.89 Å². The molecule has 4 nitrogen and oxygen atoms in total. The number of aromatic nitrogens is 3. The Hall–Kier alpha value is -0.850. The third-order valence-corrected chi connectivity index (χ3v) is 3.88. The van der Waals surface area contributed by atoms with E-state index in [4.69, 9.17) is 16.7 Å². The van der Waals surface area contributed by atoms with Gasteiger partial charge in [-0.05, 0) is 23.8 Å². The molecular formula is C10H9ClFN3OS. The molecule has 1 N–H and O–H groups in total. The first-order valence-electron chi connectivity index (χ1n) is 5.17. The van der Waals surface area contributed by atoms with Gasteiger partial charge in [0.05, 0.1) is 5.39 Å². The molecule has 1 fully saturated rings. The SMILES string of the molecule is OCC1CC1c1cn(SF)c2ncnc(Cl)c12. The van der Waals surface area contributed by atoms with Gasteiger partial charge >= 0.3 is 0 Å². The number of rotatable bonds is 3. The van der Waals surface area contributed by atoms with Crippen molar-refractivity contribution in [2.45, 2.75) is 12.3 Å². The Balaban J connectivity index is 2.18. The molecular weight excluding hydrogens is 265 g/mol. The van der Waals surface area contributed by atoms with E-state index in [0.717, 1.165) is 12.0 Å². The van der Waals surface area contributed by atoms with Crippen LogP contribution < -0.4 is 0 Å². The number of aliphatic hydroxyl groups excluding tert-OH is 1. The molecule has 17 heavy (non-hydrogen) atoms. The largest absolute Gasteiger partial charge is 0.396 e. The smallest absolute Gasteiger partial charge is 0.171 e. The Bertz CT molecular complexity index is 576. The van der Waals surface area contributed by atoms with Crippen molar-refractivity contribution >= 4 is 35.0 Å². The van der Waals surface area contributed by atoms with Gasteiger partial charge in [0.1, 0.15) is 11.5 Å². The lowest BCUT2D eigenvalue weighted by molar-refractivity contribution is 0.274. The molecule has 2 atom stereocenters. The number of hydrogen-bond donors (Lipinski definition) is 1. The topological polar surface area (TPSA) is 50.9 Å². The zero-order chi connectivity index (χ0) is 12.0. The predicted molar refractivity (Wildman–Crippen MR) is 64.6 cm³/mol. The maximum absolute atomic E-state index is 12.8. The quantitative estimate of drug-likeness (QED) is 0.874. The molecule has 2 unspecified atom stereocenters. The maximum atomic E-state index is 12.8. The van der Waals surface area contributed by atoms with E-state index in [1.165, 1.54) is 10.3 Å². The average molecular weight is 274 g/mol. The summed E-state index contributed by atoms with van der Waals surface area (Å²) in [5.74, 6) is 0.481. The Labute approximate surface area is 106 Å². The predicted octanol–water partition coefficient (Wildman–Crippen LogP) is 2.56. The molecule has 0 spiro atoms. The van der Waals surface area contributed by atoms with Gasteiger partial charge < -0.3 is 5.11 Å². The van der Waals surface area contributed by atoms with Crippen LogP contribution in [0.15, 0.2) is 12.5 Å². The standard InChI is InChI=1S/C10H9ClFN3OS/c11-9-8-7(6-1-5(6)3-16)2-15(17-12)10(8)14-4-13-9/h2,4-6,16H,1,3H2. The lowest BCUT2D eigenvalue weighted by atomic mass is 10.1. The normalized spacial score (nSPS) is 23.2. The fraction of sp³-hybridized carbons (Fsp3) is 0.400. The molecule has 2 heterocycles. The van der Waals surface area contributed by atoms with Crippen LogP contribution in [-0.2, 0) is 0 Å². The van der Waals surface area contributed by atoms with Crippen molar-refractivity contribution in [2.24, 2.45) is 5.92 Å². The van der Waals surface area contributed by atoms with E-state index in [0.29, 0.717) is 16.2 Å². The molecule has 0 aromatic carbocycles. The molecule has 2 aromatic heterocycles. The zero-order valence-corrected chi connectivity index (χ0v) is 10.2. The van der Waals surface area contributed by atoms with Crippen molar-refractivity contribution < 1.29 is 8.99 Å². The molecule has 3 rings (SSSR count). The molecule has 0 aliphatic heterocycles. The Morgan fingerprint density at radius 1 is 1.59 bits per heavy atom. The summed E-state index contributed by atoms with van der Waals surface area (Å²) >= 11 is 6.12. The Kier molecular flexibility index (Phi) is 2.72. The van der Waals surface area contributed by atoms with Crippen LogP contribution in [0.4, 0.5) is 3.89 Å². The fourth-order valence-electron chi connectivity index (χ4n) is 2.19. The third-order valence-electron chi connectivity index (χ3n) is 3.17. The van der Waals surface area contributed by atoms with E-state index in [1.54, 1.807) is 6.20 Å². The van der Waals surface area contributed by atoms with Gasteiger partial charge in [0.25, 0.3) is 0 Å². The second-order valence-corrected chi connectivity index (χ2v) is 5.02. The molecule has 1 aliphatic carbocycles. The number of hydrogen-bond acceptors (Lipinski definition) is 4. The average Bonchev–Trinajstić information content (AvgIpc) is 3.03. The number of halogens is 2. The lowest BCUT2D eigenvalue weighted by Crippen LogP contribution is -1.89. The van der Waals surface area contributed by atoms with Gasteiger partial charge in [0, 0.05) is 12.8 Å². The van der Waals surface area contributed by atoms with Crippen molar-refractivity contribution in [1.82, 2.24) is 13.9 Å². The van der Waals surface area contributed by atoms with Crippen molar-refractivity contribution in [1.29, 1.82) is 0 Å². The maximum Gasteiger partial charge on any atom is 0.171 e. The molecule has 1 saturated carbocycles. The highest BCUT2D eigenvalue weighted by molar-refractivity contribution is 7.92. The van der Waals surface area contributed by atoms with Crippen LogP contribution in [0.25, 0.3) is 11.0 Å². The number of aliphatic hydroxyl groups is 1. The van der Waals surface area contributed by atoms with Crippen LogP contribution in [0.1, 0.15) is 17.9 Å².